The first-order valence-electron chi connectivity index (χ1n) is 7.39. The van der Waals surface area contributed by atoms with E-state index in [1.54, 1.807) is 13.1 Å². The van der Waals surface area contributed by atoms with Gasteiger partial charge in [0.05, 0.1) is 12.6 Å². The molecule has 0 saturated carbocycles. The van der Waals surface area contributed by atoms with Crippen molar-refractivity contribution in [2.45, 2.75) is 38.8 Å². The summed E-state index contributed by atoms with van der Waals surface area (Å²) in [5.74, 6) is -0.634. The summed E-state index contributed by atoms with van der Waals surface area (Å²) >= 11 is 0. The SMILES string of the molecule is CCOC(=O)C1=CN2C(CC1=O)c1ccccc1C[C@@H]2C. The van der Waals surface area contributed by atoms with Crippen molar-refractivity contribution >= 4 is 11.8 Å². The molecule has 0 aliphatic carbocycles. The third kappa shape index (κ3) is 2.35. The molecule has 0 bridgehead atoms. The lowest BCUT2D eigenvalue weighted by Crippen LogP contribution is -2.43. The molecular weight excluding hydrogens is 266 g/mol. The maximum Gasteiger partial charge on any atom is 0.343 e. The highest BCUT2D eigenvalue weighted by molar-refractivity contribution is 6.17. The van der Waals surface area contributed by atoms with Crippen molar-refractivity contribution in [3.8, 4) is 0 Å². The number of hydrogen-bond donors (Lipinski definition) is 0. The smallest absolute Gasteiger partial charge is 0.343 e. The maximum absolute atomic E-state index is 12.3. The van der Waals surface area contributed by atoms with Crippen LogP contribution >= 0.6 is 0 Å². The largest absolute Gasteiger partial charge is 0.462 e. The summed E-state index contributed by atoms with van der Waals surface area (Å²) in [5.41, 5.74) is 2.68. The van der Waals surface area contributed by atoms with E-state index < -0.39 is 5.97 Å². The predicted octanol–water partition coefficient (Wildman–Crippen LogP) is 2.39. The van der Waals surface area contributed by atoms with Crippen molar-refractivity contribution < 1.29 is 14.3 Å². The quantitative estimate of drug-likeness (QED) is 0.618. The molecule has 0 radical (unpaired) electrons. The molecule has 0 N–H and O–H groups in total. The van der Waals surface area contributed by atoms with Crippen LogP contribution in [0.2, 0.25) is 0 Å². The van der Waals surface area contributed by atoms with Crippen LogP contribution in [0, 0.1) is 0 Å². The Morgan fingerprint density at radius 3 is 2.86 bits per heavy atom. The number of esters is 1. The molecule has 0 fully saturated rings. The van der Waals surface area contributed by atoms with Gasteiger partial charge in [0.2, 0.25) is 0 Å². The average molecular weight is 285 g/mol. The number of Topliss-reactive ketones (excluding diaryl/α,β-unsaturated/α-hetero) is 1. The summed E-state index contributed by atoms with van der Waals surface area (Å²) in [6, 6.07) is 8.54. The zero-order valence-corrected chi connectivity index (χ0v) is 12.3. The first-order valence-corrected chi connectivity index (χ1v) is 7.39. The molecule has 110 valence electrons. The Morgan fingerprint density at radius 1 is 1.33 bits per heavy atom. The Labute approximate surface area is 124 Å². The topological polar surface area (TPSA) is 46.6 Å². The van der Waals surface area contributed by atoms with Gasteiger partial charge in [0.15, 0.2) is 5.78 Å². The van der Waals surface area contributed by atoms with E-state index in [-0.39, 0.29) is 30.0 Å². The van der Waals surface area contributed by atoms with Crippen molar-refractivity contribution in [3.05, 3.63) is 47.2 Å². The number of carbonyl (C=O) groups is 2. The van der Waals surface area contributed by atoms with Gasteiger partial charge >= 0.3 is 5.97 Å². The normalized spacial score (nSPS) is 24.0. The molecule has 4 heteroatoms. The van der Waals surface area contributed by atoms with Crippen molar-refractivity contribution in [2.75, 3.05) is 6.61 Å². The lowest BCUT2D eigenvalue weighted by molar-refractivity contribution is -0.140. The van der Waals surface area contributed by atoms with E-state index >= 15 is 0 Å². The summed E-state index contributed by atoms with van der Waals surface area (Å²) in [4.78, 5) is 26.3. The van der Waals surface area contributed by atoms with Crippen molar-refractivity contribution in [1.29, 1.82) is 0 Å². The summed E-state index contributed by atoms with van der Waals surface area (Å²) < 4.78 is 4.98. The number of ether oxygens (including phenoxy) is 1. The summed E-state index contributed by atoms with van der Waals surface area (Å²) in [7, 11) is 0. The summed E-state index contributed by atoms with van der Waals surface area (Å²) in [5, 5.41) is 0. The lowest BCUT2D eigenvalue weighted by Gasteiger charge is -2.43. The number of nitrogens with zero attached hydrogens (tertiary/aromatic N) is 1. The Morgan fingerprint density at radius 2 is 2.10 bits per heavy atom. The van der Waals surface area contributed by atoms with E-state index in [1.807, 2.05) is 12.1 Å². The van der Waals surface area contributed by atoms with E-state index in [1.165, 1.54) is 11.1 Å². The van der Waals surface area contributed by atoms with E-state index in [2.05, 4.69) is 24.0 Å². The maximum atomic E-state index is 12.3. The second-order valence-corrected chi connectivity index (χ2v) is 5.61. The predicted molar refractivity (Wildman–Crippen MR) is 78.5 cm³/mol. The van der Waals surface area contributed by atoms with Gasteiger partial charge in [-0.25, -0.2) is 4.79 Å². The number of fused-ring (bicyclic) bond motifs is 3. The third-order valence-electron chi connectivity index (χ3n) is 4.25. The van der Waals surface area contributed by atoms with E-state index in [0.717, 1.165) is 6.42 Å². The van der Waals surface area contributed by atoms with Crippen LogP contribution in [0.4, 0.5) is 0 Å². The minimum atomic E-state index is -0.507. The molecule has 2 aliphatic heterocycles. The minimum absolute atomic E-state index is 0.0376. The highest BCUT2D eigenvalue weighted by atomic mass is 16.5. The van der Waals surface area contributed by atoms with Crippen LogP contribution in [0.15, 0.2) is 36.0 Å². The molecule has 0 spiro atoms. The third-order valence-corrected chi connectivity index (χ3v) is 4.25. The molecule has 2 aliphatic rings. The highest BCUT2D eigenvalue weighted by Crippen LogP contribution is 2.39. The fourth-order valence-corrected chi connectivity index (χ4v) is 3.25. The second kappa shape index (κ2) is 5.35. The van der Waals surface area contributed by atoms with Crippen molar-refractivity contribution in [1.82, 2.24) is 4.90 Å². The van der Waals surface area contributed by atoms with Crippen LogP contribution in [0.25, 0.3) is 0 Å². The molecule has 1 aromatic rings. The number of carbonyl (C=O) groups excluding carboxylic acids is 2. The van der Waals surface area contributed by atoms with Gasteiger partial charge in [-0.3, -0.25) is 4.79 Å². The monoisotopic (exact) mass is 285 g/mol. The highest BCUT2D eigenvalue weighted by Gasteiger charge is 2.38. The molecule has 2 heterocycles. The van der Waals surface area contributed by atoms with Gasteiger partial charge in [-0.05, 0) is 31.4 Å². The molecule has 1 unspecified atom stereocenters. The molecule has 0 aromatic heterocycles. The van der Waals surface area contributed by atoms with Gasteiger partial charge in [0.25, 0.3) is 0 Å². The molecule has 3 rings (SSSR count). The molecule has 4 nitrogen and oxygen atoms in total. The second-order valence-electron chi connectivity index (χ2n) is 5.61. The zero-order chi connectivity index (χ0) is 15.0. The Hall–Kier alpha value is -2.10. The summed E-state index contributed by atoms with van der Waals surface area (Å²) in [6.07, 6.45) is 2.97. The summed E-state index contributed by atoms with van der Waals surface area (Å²) in [6.45, 7) is 4.15. The number of ketones is 1. The van der Waals surface area contributed by atoms with Gasteiger partial charge in [0, 0.05) is 18.7 Å². The van der Waals surface area contributed by atoms with E-state index in [0.29, 0.717) is 6.42 Å². The van der Waals surface area contributed by atoms with Crippen molar-refractivity contribution in [3.63, 3.8) is 0 Å². The molecular formula is C17H19NO3. The fourth-order valence-electron chi connectivity index (χ4n) is 3.25. The molecule has 21 heavy (non-hydrogen) atoms. The average Bonchev–Trinajstić information content (AvgIpc) is 2.47. The van der Waals surface area contributed by atoms with Gasteiger partial charge in [0.1, 0.15) is 5.57 Å². The minimum Gasteiger partial charge on any atom is -0.462 e. The van der Waals surface area contributed by atoms with Gasteiger partial charge in [-0.1, -0.05) is 24.3 Å². The van der Waals surface area contributed by atoms with Gasteiger partial charge < -0.3 is 9.64 Å². The van der Waals surface area contributed by atoms with Crippen LogP contribution in [0.5, 0.6) is 0 Å². The first-order chi connectivity index (χ1) is 10.1. The van der Waals surface area contributed by atoms with Crippen LogP contribution in [0.1, 0.15) is 37.4 Å². The molecule has 0 saturated heterocycles. The number of hydrogen-bond acceptors (Lipinski definition) is 4. The molecule has 0 amide bonds. The van der Waals surface area contributed by atoms with E-state index in [4.69, 9.17) is 4.74 Å². The number of benzene rings is 1. The van der Waals surface area contributed by atoms with Crippen molar-refractivity contribution in [2.24, 2.45) is 0 Å². The van der Waals surface area contributed by atoms with Crippen LogP contribution < -0.4 is 0 Å². The lowest BCUT2D eigenvalue weighted by atomic mass is 9.83. The molecule has 2 atom stereocenters. The van der Waals surface area contributed by atoms with Crippen LogP contribution in [-0.4, -0.2) is 29.3 Å². The van der Waals surface area contributed by atoms with Crippen LogP contribution in [0.3, 0.4) is 0 Å². The van der Waals surface area contributed by atoms with Crippen LogP contribution in [-0.2, 0) is 20.7 Å². The standard InChI is InChI=1S/C17H19NO3/c1-3-21-17(20)14-10-18-11(2)8-12-6-4-5-7-13(12)15(18)9-16(14)19/h4-7,10-11,15H,3,8-9H2,1-2H3/t11-,15?/m0/s1. The van der Waals surface area contributed by atoms with Gasteiger partial charge in [-0.2, -0.15) is 0 Å². The number of rotatable bonds is 2. The van der Waals surface area contributed by atoms with Gasteiger partial charge in [-0.15, -0.1) is 0 Å². The Kier molecular flexibility index (Phi) is 3.53. The van der Waals surface area contributed by atoms with E-state index in [9.17, 15) is 9.59 Å². The zero-order valence-electron chi connectivity index (χ0n) is 12.3. The first kappa shape index (κ1) is 13.9. The fraction of sp³-hybridized carbons (Fsp3) is 0.412. The molecule has 1 aromatic carbocycles. The Bertz CT molecular complexity index is 620. The Balaban J connectivity index is 1.98.